The van der Waals surface area contributed by atoms with Gasteiger partial charge < -0.3 is 10.2 Å². The lowest BCUT2D eigenvalue weighted by molar-refractivity contribution is 0.327. The highest BCUT2D eigenvalue weighted by molar-refractivity contribution is 5.49. The minimum absolute atomic E-state index is 0.646. The zero-order chi connectivity index (χ0) is 13.8. The van der Waals surface area contributed by atoms with Crippen LogP contribution in [0.3, 0.4) is 0 Å². The molecule has 3 heteroatoms. The average Bonchev–Trinajstić information content (AvgIpc) is 3.02. The maximum atomic E-state index is 4.63. The third kappa shape index (κ3) is 3.25. The molecule has 2 heterocycles. The van der Waals surface area contributed by atoms with Crippen LogP contribution in [0.15, 0.2) is 18.3 Å². The second-order valence-corrected chi connectivity index (χ2v) is 6.38. The topological polar surface area (TPSA) is 28.2 Å². The lowest BCUT2D eigenvalue weighted by atomic mass is 9.84. The van der Waals surface area contributed by atoms with Gasteiger partial charge in [-0.15, -0.1) is 0 Å². The van der Waals surface area contributed by atoms with Crippen molar-refractivity contribution in [3.05, 3.63) is 18.3 Å². The molecule has 2 aliphatic rings. The van der Waals surface area contributed by atoms with Crippen molar-refractivity contribution in [2.24, 2.45) is 5.92 Å². The van der Waals surface area contributed by atoms with Crippen molar-refractivity contribution in [1.82, 2.24) is 4.98 Å². The maximum absolute atomic E-state index is 4.63. The van der Waals surface area contributed by atoms with Gasteiger partial charge in [-0.2, -0.15) is 0 Å². The number of rotatable bonds is 4. The monoisotopic (exact) mass is 273 g/mol. The van der Waals surface area contributed by atoms with E-state index in [1.54, 1.807) is 0 Å². The molecule has 0 aromatic carbocycles. The summed E-state index contributed by atoms with van der Waals surface area (Å²) in [6.07, 6.45) is 11.4. The van der Waals surface area contributed by atoms with Gasteiger partial charge in [-0.25, -0.2) is 4.98 Å². The molecule has 0 amide bonds. The van der Waals surface area contributed by atoms with E-state index in [9.17, 15) is 0 Å². The van der Waals surface area contributed by atoms with Crippen LogP contribution < -0.4 is 10.2 Å². The molecule has 20 heavy (non-hydrogen) atoms. The van der Waals surface area contributed by atoms with E-state index in [2.05, 4.69) is 34.3 Å². The Labute approximate surface area is 122 Å². The van der Waals surface area contributed by atoms with E-state index in [1.807, 2.05) is 6.20 Å². The SMILES string of the molecule is CCC1CCCC(Nc2ccc(N3CCCC3)nc2)C1. The van der Waals surface area contributed by atoms with E-state index in [-0.39, 0.29) is 0 Å². The molecule has 0 bridgehead atoms. The van der Waals surface area contributed by atoms with Crippen LogP contribution in [0.2, 0.25) is 0 Å². The van der Waals surface area contributed by atoms with Gasteiger partial charge in [-0.3, -0.25) is 0 Å². The molecule has 0 radical (unpaired) electrons. The second kappa shape index (κ2) is 6.47. The summed E-state index contributed by atoms with van der Waals surface area (Å²) in [6, 6.07) is 5.03. The number of aromatic nitrogens is 1. The van der Waals surface area contributed by atoms with Crippen LogP contribution in [0.5, 0.6) is 0 Å². The van der Waals surface area contributed by atoms with Gasteiger partial charge in [0.15, 0.2) is 0 Å². The van der Waals surface area contributed by atoms with E-state index >= 15 is 0 Å². The quantitative estimate of drug-likeness (QED) is 0.896. The zero-order valence-electron chi connectivity index (χ0n) is 12.6. The van der Waals surface area contributed by atoms with Crippen LogP contribution >= 0.6 is 0 Å². The number of anilines is 2. The molecule has 1 aromatic heterocycles. The summed E-state index contributed by atoms with van der Waals surface area (Å²) >= 11 is 0. The Morgan fingerprint density at radius 2 is 2.05 bits per heavy atom. The molecule has 3 nitrogen and oxygen atoms in total. The number of nitrogens with zero attached hydrogens (tertiary/aromatic N) is 2. The Balaban J connectivity index is 1.57. The summed E-state index contributed by atoms with van der Waals surface area (Å²) in [4.78, 5) is 7.02. The van der Waals surface area contributed by atoms with Gasteiger partial charge in [0.2, 0.25) is 0 Å². The first-order valence-corrected chi connectivity index (χ1v) is 8.32. The van der Waals surface area contributed by atoms with Crippen molar-refractivity contribution in [2.45, 2.75) is 57.9 Å². The van der Waals surface area contributed by atoms with E-state index in [0.717, 1.165) is 11.7 Å². The Hall–Kier alpha value is -1.25. The lowest BCUT2D eigenvalue weighted by Gasteiger charge is -2.29. The van der Waals surface area contributed by atoms with Crippen LogP contribution in [0, 0.1) is 5.92 Å². The number of hydrogen-bond acceptors (Lipinski definition) is 3. The van der Waals surface area contributed by atoms with Crippen LogP contribution in [0.4, 0.5) is 11.5 Å². The fourth-order valence-corrected chi connectivity index (χ4v) is 3.63. The van der Waals surface area contributed by atoms with Gasteiger partial charge >= 0.3 is 0 Å². The molecule has 2 atom stereocenters. The summed E-state index contributed by atoms with van der Waals surface area (Å²) < 4.78 is 0. The molecule has 2 fully saturated rings. The van der Waals surface area contributed by atoms with Crippen molar-refractivity contribution in [2.75, 3.05) is 23.3 Å². The summed E-state index contributed by atoms with van der Waals surface area (Å²) in [5.41, 5.74) is 1.19. The molecule has 0 spiro atoms. The number of nitrogens with one attached hydrogen (secondary N) is 1. The first-order valence-electron chi connectivity index (χ1n) is 8.32. The van der Waals surface area contributed by atoms with Crippen LogP contribution in [0.25, 0.3) is 0 Å². The zero-order valence-corrected chi connectivity index (χ0v) is 12.6. The maximum Gasteiger partial charge on any atom is 0.128 e. The van der Waals surface area contributed by atoms with Gasteiger partial charge in [0.25, 0.3) is 0 Å². The summed E-state index contributed by atoms with van der Waals surface area (Å²) in [5, 5.41) is 3.68. The molecule has 1 saturated heterocycles. The minimum atomic E-state index is 0.646. The molecular weight excluding hydrogens is 246 g/mol. The number of pyridine rings is 1. The van der Waals surface area contributed by atoms with E-state index in [1.165, 1.54) is 63.7 Å². The van der Waals surface area contributed by atoms with Gasteiger partial charge in [-0.1, -0.05) is 26.2 Å². The van der Waals surface area contributed by atoms with E-state index in [0.29, 0.717) is 6.04 Å². The fourth-order valence-electron chi connectivity index (χ4n) is 3.63. The molecule has 3 rings (SSSR count). The Kier molecular flexibility index (Phi) is 4.44. The molecule has 1 aliphatic carbocycles. The Morgan fingerprint density at radius 3 is 2.75 bits per heavy atom. The summed E-state index contributed by atoms with van der Waals surface area (Å²) in [6.45, 7) is 4.65. The third-order valence-electron chi connectivity index (χ3n) is 4.91. The van der Waals surface area contributed by atoms with E-state index < -0.39 is 0 Å². The van der Waals surface area contributed by atoms with Gasteiger partial charge in [0.1, 0.15) is 5.82 Å². The van der Waals surface area contributed by atoms with Crippen molar-refractivity contribution < 1.29 is 0 Å². The van der Waals surface area contributed by atoms with Crippen molar-refractivity contribution in [3.8, 4) is 0 Å². The molecule has 1 aliphatic heterocycles. The predicted molar refractivity (Wildman–Crippen MR) is 85.3 cm³/mol. The predicted octanol–water partition coefficient (Wildman–Crippen LogP) is 4.06. The minimum Gasteiger partial charge on any atom is -0.381 e. The molecule has 110 valence electrons. The van der Waals surface area contributed by atoms with Gasteiger partial charge in [0, 0.05) is 19.1 Å². The second-order valence-electron chi connectivity index (χ2n) is 6.38. The first kappa shape index (κ1) is 13.7. The first-order chi connectivity index (χ1) is 9.85. The third-order valence-corrected chi connectivity index (χ3v) is 4.91. The van der Waals surface area contributed by atoms with Crippen molar-refractivity contribution in [3.63, 3.8) is 0 Å². The highest BCUT2D eigenvalue weighted by Gasteiger charge is 2.20. The number of hydrogen-bond donors (Lipinski definition) is 1. The standard InChI is InChI=1S/C17H27N3/c1-2-14-6-5-7-15(12-14)19-16-8-9-17(18-13-16)20-10-3-4-11-20/h8-9,13-15,19H,2-7,10-12H2,1H3. The average molecular weight is 273 g/mol. The van der Waals surface area contributed by atoms with Crippen LogP contribution in [-0.4, -0.2) is 24.1 Å². The Bertz CT molecular complexity index is 409. The summed E-state index contributed by atoms with van der Waals surface area (Å²) in [7, 11) is 0. The largest absolute Gasteiger partial charge is 0.381 e. The Morgan fingerprint density at radius 1 is 1.20 bits per heavy atom. The van der Waals surface area contributed by atoms with Gasteiger partial charge in [-0.05, 0) is 43.7 Å². The van der Waals surface area contributed by atoms with Crippen molar-refractivity contribution >= 4 is 11.5 Å². The molecule has 2 unspecified atom stereocenters. The van der Waals surface area contributed by atoms with E-state index in [4.69, 9.17) is 0 Å². The van der Waals surface area contributed by atoms with Gasteiger partial charge in [0.05, 0.1) is 11.9 Å². The highest BCUT2D eigenvalue weighted by Crippen LogP contribution is 2.29. The smallest absolute Gasteiger partial charge is 0.128 e. The van der Waals surface area contributed by atoms with Crippen molar-refractivity contribution in [1.29, 1.82) is 0 Å². The summed E-state index contributed by atoms with van der Waals surface area (Å²) in [5.74, 6) is 2.06. The van der Waals surface area contributed by atoms with Crippen LogP contribution in [0.1, 0.15) is 51.9 Å². The lowest BCUT2D eigenvalue weighted by Crippen LogP contribution is -2.27. The fraction of sp³-hybridized carbons (Fsp3) is 0.706. The highest BCUT2D eigenvalue weighted by atomic mass is 15.2. The molecular formula is C17H27N3. The normalized spacial score (nSPS) is 26.8. The van der Waals surface area contributed by atoms with Crippen LogP contribution in [-0.2, 0) is 0 Å². The molecule has 1 aromatic rings. The molecule has 1 saturated carbocycles. The molecule has 1 N–H and O–H groups in total.